The number of fused-ring (bicyclic) bond motifs is 9. The van der Waals surface area contributed by atoms with Crippen LogP contribution in [0.5, 0.6) is 0 Å². The minimum atomic E-state index is -0.282. The fraction of sp³-hybridized carbons (Fsp3) is 0.161. The Morgan fingerprint density at radius 3 is 1.15 bits per heavy atom. The van der Waals surface area contributed by atoms with Gasteiger partial charge in [-0.1, -0.05) is 299 Å². The number of nitrogens with zero attached hydrogens (tertiary/aromatic N) is 3. The Morgan fingerprint density at radius 2 is 0.708 bits per heavy atom. The summed E-state index contributed by atoms with van der Waals surface area (Å²) in [5.41, 5.74) is 34.0. The summed E-state index contributed by atoms with van der Waals surface area (Å²) >= 11 is 0. The Hall–Kier alpha value is -10.7. The van der Waals surface area contributed by atoms with E-state index in [2.05, 4.69) is 368 Å². The first kappa shape index (κ1) is 59.0. The number of para-hydroxylation sites is 2. The molecule has 0 radical (unpaired) electrons. The molecule has 0 spiro atoms. The average Bonchev–Trinajstić information content (AvgIpc) is 0.743. The summed E-state index contributed by atoms with van der Waals surface area (Å²) in [7, 11) is 0. The zero-order valence-corrected chi connectivity index (χ0v) is 56.4. The maximum atomic E-state index is 2.72. The molecule has 0 fully saturated rings. The second kappa shape index (κ2) is 22.5. The van der Waals surface area contributed by atoms with E-state index in [0.29, 0.717) is 0 Å². The van der Waals surface area contributed by atoms with E-state index in [0.717, 1.165) is 51.4 Å². The largest absolute Gasteiger partial charge is 0.309 e. The third-order valence-corrected chi connectivity index (χ3v) is 21.0. The van der Waals surface area contributed by atoms with Crippen LogP contribution in [0, 0.1) is 0 Å². The van der Waals surface area contributed by atoms with Crippen LogP contribution < -0.4 is 9.80 Å². The van der Waals surface area contributed by atoms with E-state index in [1.165, 1.54) is 122 Å². The lowest BCUT2D eigenvalue weighted by molar-refractivity contribution is 0.589. The van der Waals surface area contributed by atoms with Gasteiger partial charge >= 0.3 is 0 Å². The van der Waals surface area contributed by atoms with E-state index in [-0.39, 0.29) is 28.1 Å². The van der Waals surface area contributed by atoms with Gasteiger partial charge in [0.05, 0.1) is 45.2 Å². The minimum absolute atomic E-state index is 0.0199. The second-order valence-electron chi connectivity index (χ2n) is 30.0. The first-order valence-electron chi connectivity index (χ1n) is 34.3. The van der Waals surface area contributed by atoms with Crippen LogP contribution in [0.1, 0.15) is 135 Å². The third-order valence-electron chi connectivity index (χ3n) is 21.0. The van der Waals surface area contributed by atoms with Crippen molar-refractivity contribution in [2.45, 2.75) is 96.8 Å². The molecule has 0 bridgehead atoms. The molecule has 3 heterocycles. The van der Waals surface area contributed by atoms with Gasteiger partial charge in [0.15, 0.2) is 0 Å². The Bertz CT molecular complexity index is 5150. The van der Waals surface area contributed by atoms with Crippen molar-refractivity contribution in [3.8, 4) is 50.2 Å². The van der Waals surface area contributed by atoms with Gasteiger partial charge in [0.25, 0.3) is 0 Å². The first-order valence-corrected chi connectivity index (χ1v) is 34.3. The molecule has 0 amide bonds. The number of hydrogen-bond acceptors (Lipinski definition) is 2. The molecule has 466 valence electrons. The van der Waals surface area contributed by atoms with Gasteiger partial charge in [-0.15, -0.1) is 0 Å². The van der Waals surface area contributed by atoms with Crippen LogP contribution in [0.2, 0.25) is 0 Å². The zero-order valence-electron chi connectivity index (χ0n) is 56.4. The molecule has 0 saturated carbocycles. The lowest BCUT2D eigenvalue weighted by Crippen LogP contribution is -2.31. The molecule has 3 nitrogen and oxygen atoms in total. The molecular formula is C93H79N3. The van der Waals surface area contributed by atoms with Crippen molar-refractivity contribution in [2.75, 3.05) is 9.80 Å². The van der Waals surface area contributed by atoms with E-state index >= 15 is 0 Å². The first-order chi connectivity index (χ1) is 46.5. The molecule has 0 N–H and O–H groups in total. The van der Waals surface area contributed by atoms with Gasteiger partial charge in [-0.25, -0.2) is 0 Å². The highest BCUT2D eigenvalue weighted by atomic mass is 15.2. The predicted octanol–water partition coefficient (Wildman–Crippen LogP) is 25.2. The van der Waals surface area contributed by atoms with Gasteiger partial charge < -0.3 is 14.4 Å². The standard InChI is InChI=1S/C93H79N3/c1-91(2,3)66-45-50-80-77(54-66)78-55-67(92(4,5)6)46-51-81(78)94(80)69-47-48-76-83(58-69)96(90-74(61-32-18-12-19-33-61)42-27-43-75(90)62-34-20-13-21-35-62)85-57-68(93(7,8)9)56-84-88(85)87(76)79-53-65(86-70-38-24-22-36-63(70)52-64-37-23-25-39-71(64)86)44-49-82(79)95(84)89-72(59-28-14-10-15-29-59)40-26-41-73(89)60-30-16-11-17-31-60/h10-51,53-58,86-87H,52H2,1-9H3. The molecule has 1 aliphatic carbocycles. The minimum Gasteiger partial charge on any atom is -0.309 e. The predicted molar refractivity (Wildman–Crippen MR) is 406 cm³/mol. The fourth-order valence-corrected chi connectivity index (χ4v) is 16.1. The molecule has 1 unspecified atom stereocenters. The quantitative estimate of drug-likeness (QED) is 0.150. The van der Waals surface area contributed by atoms with E-state index in [9.17, 15) is 0 Å². The number of rotatable bonds is 8. The van der Waals surface area contributed by atoms with Crippen molar-refractivity contribution in [3.05, 3.63) is 352 Å². The zero-order chi connectivity index (χ0) is 65.4. The monoisotopic (exact) mass is 1240 g/mol. The number of hydrogen-bond donors (Lipinski definition) is 0. The molecule has 17 rings (SSSR count). The third kappa shape index (κ3) is 9.68. The molecule has 1 atom stereocenters. The SMILES string of the molecule is CC(C)(C)c1cc2c3c(c1)N(c1c(-c4ccccc4)cccc1-c1ccccc1)c1cc(-n4c5ccc(C(C)(C)C)cc5c5cc(C(C)(C)C)ccc54)ccc1C3c1cc(C3c4ccccc4Cc4ccccc43)ccc1N2c1c(-c2ccccc2)cccc1-c1ccccc1. The fourth-order valence-electron chi connectivity index (χ4n) is 16.1. The highest BCUT2D eigenvalue weighted by molar-refractivity contribution is 6.11. The van der Waals surface area contributed by atoms with Gasteiger partial charge in [0.2, 0.25) is 0 Å². The van der Waals surface area contributed by atoms with E-state index in [1.807, 2.05) is 0 Å². The van der Waals surface area contributed by atoms with Crippen LogP contribution in [-0.4, -0.2) is 4.57 Å². The number of anilines is 6. The normalized spacial score (nSPS) is 14.3. The van der Waals surface area contributed by atoms with Gasteiger partial charge in [0, 0.05) is 56.1 Å². The molecule has 96 heavy (non-hydrogen) atoms. The van der Waals surface area contributed by atoms with Crippen molar-refractivity contribution in [1.29, 1.82) is 0 Å². The second-order valence-corrected chi connectivity index (χ2v) is 30.0. The Labute approximate surface area is 566 Å². The Kier molecular flexibility index (Phi) is 13.8. The summed E-state index contributed by atoms with van der Waals surface area (Å²) in [4.78, 5) is 5.42. The lowest BCUT2D eigenvalue weighted by atomic mass is 9.71. The van der Waals surface area contributed by atoms with Crippen molar-refractivity contribution in [2.24, 2.45) is 0 Å². The maximum absolute atomic E-state index is 2.72. The van der Waals surface area contributed by atoms with Crippen LogP contribution in [-0.2, 0) is 22.7 Å². The summed E-state index contributed by atoms with van der Waals surface area (Å²) in [5, 5.41) is 2.54. The molecule has 14 aromatic rings. The van der Waals surface area contributed by atoms with E-state index < -0.39 is 0 Å². The molecular weight excluding hydrogens is 1160 g/mol. The van der Waals surface area contributed by atoms with Crippen LogP contribution in [0.4, 0.5) is 34.1 Å². The Morgan fingerprint density at radius 1 is 0.292 bits per heavy atom. The summed E-state index contributed by atoms with van der Waals surface area (Å²) in [5.74, 6) is -0.189. The molecule has 13 aromatic carbocycles. The lowest BCUT2D eigenvalue weighted by Gasteiger charge is -2.47. The molecule has 3 heteroatoms. The van der Waals surface area contributed by atoms with Gasteiger partial charge in [0.1, 0.15) is 0 Å². The highest BCUT2D eigenvalue weighted by Gasteiger charge is 2.45. The summed E-state index contributed by atoms with van der Waals surface area (Å²) in [6.07, 6.45) is 0.915. The van der Waals surface area contributed by atoms with Crippen LogP contribution in [0.15, 0.2) is 291 Å². The molecule has 3 aliphatic rings. The van der Waals surface area contributed by atoms with E-state index in [4.69, 9.17) is 0 Å². The summed E-state index contributed by atoms with van der Waals surface area (Å²) in [6, 6.07) is 112. The van der Waals surface area contributed by atoms with Gasteiger partial charge in [-0.05, 0) is 155 Å². The topological polar surface area (TPSA) is 11.4 Å². The maximum Gasteiger partial charge on any atom is 0.0618 e. The number of benzene rings is 13. The van der Waals surface area contributed by atoms with Crippen LogP contribution in [0.3, 0.4) is 0 Å². The summed E-state index contributed by atoms with van der Waals surface area (Å²) < 4.78 is 2.56. The van der Waals surface area contributed by atoms with Gasteiger partial charge in [-0.3, -0.25) is 0 Å². The van der Waals surface area contributed by atoms with E-state index in [1.54, 1.807) is 0 Å². The van der Waals surface area contributed by atoms with Gasteiger partial charge in [-0.2, -0.15) is 0 Å². The highest BCUT2D eigenvalue weighted by Crippen LogP contribution is 2.65. The van der Waals surface area contributed by atoms with Crippen molar-refractivity contribution >= 4 is 55.9 Å². The van der Waals surface area contributed by atoms with Crippen molar-refractivity contribution < 1.29 is 0 Å². The van der Waals surface area contributed by atoms with Crippen LogP contribution >= 0.6 is 0 Å². The van der Waals surface area contributed by atoms with Crippen LogP contribution in [0.25, 0.3) is 72.0 Å². The average molecular weight is 1240 g/mol. The van der Waals surface area contributed by atoms with Crippen molar-refractivity contribution in [1.82, 2.24) is 4.57 Å². The summed E-state index contributed by atoms with van der Waals surface area (Å²) in [6.45, 7) is 21.2. The number of aromatic nitrogens is 1. The molecule has 1 aromatic heterocycles. The molecule has 2 aliphatic heterocycles. The van der Waals surface area contributed by atoms with Crippen molar-refractivity contribution in [3.63, 3.8) is 0 Å². The smallest absolute Gasteiger partial charge is 0.0618 e. The molecule has 0 saturated heterocycles. The Balaban J connectivity index is 1.04.